The van der Waals surface area contributed by atoms with Crippen LogP contribution >= 0.6 is 0 Å². The molecule has 114 valence electrons. The first-order valence-corrected chi connectivity index (χ1v) is 6.80. The topological polar surface area (TPSA) is 72.5 Å². The molecule has 0 unspecified atom stereocenters. The summed E-state index contributed by atoms with van der Waals surface area (Å²) in [5.74, 6) is -1.05. The fourth-order valence-corrected chi connectivity index (χ4v) is 1.75. The number of amides is 1. The number of esters is 1. The van der Waals surface area contributed by atoms with Gasteiger partial charge >= 0.3 is 5.97 Å². The number of ketones is 1. The lowest BCUT2D eigenvalue weighted by atomic mass is 10.0. The van der Waals surface area contributed by atoms with E-state index < -0.39 is 17.9 Å². The van der Waals surface area contributed by atoms with Gasteiger partial charge in [0.2, 0.25) is 0 Å². The van der Waals surface area contributed by atoms with Crippen molar-refractivity contribution in [1.82, 2.24) is 5.32 Å². The predicted octanol–water partition coefficient (Wildman–Crippen LogP) is 1.86. The Hall–Kier alpha value is -1.65. The van der Waals surface area contributed by atoms with Crippen molar-refractivity contribution in [3.63, 3.8) is 0 Å². The van der Waals surface area contributed by atoms with Gasteiger partial charge in [-0.25, -0.2) is 4.79 Å². The maximum Gasteiger partial charge on any atom is 0.328 e. The van der Waals surface area contributed by atoms with E-state index in [-0.39, 0.29) is 23.2 Å². The van der Waals surface area contributed by atoms with Gasteiger partial charge in [-0.2, -0.15) is 0 Å². The third-order valence-corrected chi connectivity index (χ3v) is 2.62. The summed E-state index contributed by atoms with van der Waals surface area (Å²) < 4.78 is 4.68. The highest BCUT2D eigenvalue weighted by Gasteiger charge is 2.25. The number of allylic oxidation sites excluding steroid dienone is 1. The molecule has 0 aromatic carbocycles. The Bertz CT molecular complexity index is 397. The largest absolute Gasteiger partial charge is 0.467 e. The lowest BCUT2D eigenvalue weighted by Crippen LogP contribution is -2.43. The lowest BCUT2D eigenvalue weighted by Gasteiger charge is -2.19. The number of methoxy groups -OCH3 is 1. The van der Waals surface area contributed by atoms with Crippen LogP contribution < -0.4 is 5.32 Å². The Morgan fingerprint density at radius 2 is 1.70 bits per heavy atom. The van der Waals surface area contributed by atoms with Crippen molar-refractivity contribution in [3.8, 4) is 0 Å². The molecule has 0 rings (SSSR count). The zero-order valence-corrected chi connectivity index (χ0v) is 13.1. The number of hydrogen-bond acceptors (Lipinski definition) is 4. The van der Waals surface area contributed by atoms with Crippen molar-refractivity contribution in [1.29, 1.82) is 0 Å². The van der Waals surface area contributed by atoms with E-state index in [1.165, 1.54) is 14.0 Å². The first-order valence-electron chi connectivity index (χ1n) is 6.80. The molecule has 20 heavy (non-hydrogen) atoms. The summed E-state index contributed by atoms with van der Waals surface area (Å²) in [6, 6.07) is -0.734. The summed E-state index contributed by atoms with van der Waals surface area (Å²) in [7, 11) is 1.28. The molecule has 0 saturated carbocycles. The second-order valence-corrected chi connectivity index (χ2v) is 5.56. The normalized spacial score (nSPS) is 13.3. The van der Waals surface area contributed by atoms with Crippen LogP contribution in [0.2, 0.25) is 0 Å². The number of rotatable bonds is 7. The molecule has 0 aliphatic carbocycles. The molecule has 0 fully saturated rings. The summed E-state index contributed by atoms with van der Waals surface area (Å²) in [5.41, 5.74) is 0.0812. The van der Waals surface area contributed by atoms with E-state index in [4.69, 9.17) is 0 Å². The molecule has 0 bridgehead atoms. The van der Waals surface area contributed by atoms with E-state index in [1.54, 1.807) is 6.08 Å². The van der Waals surface area contributed by atoms with E-state index in [0.717, 1.165) is 0 Å². The number of hydrogen-bond donors (Lipinski definition) is 1. The van der Waals surface area contributed by atoms with Gasteiger partial charge < -0.3 is 10.1 Å². The molecule has 0 aliphatic rings. The molecule has 0 saturated heterocycles. The van der Waals surface area contributed by atoms with Crippen molar-refractivity contribution >= 4 is 17.7 Å². The molecule has 1 atom stereocenters. The van der Waals surface area contributed by atoms with Gasteiger partial charge in [-0.1, -0.05) is 33.8 Å². The standard InChI is InChI=1S/C15H25NO4/c1-9(2)7-12(11(5)17)14(18)16-13(8-10(3)4)15(19)20-6/h7,9-10,13H,8H2,1-6H3,(H,16,18)/b12-7-/t13-/m0/s1. The SMILES string of the molecule is COC(=O)[C@H](CC(C)C)NC(=O)/C(=C\C(C)C)C(C)=O. The Morgan fingerprint density at radius 1 is 1.15 bits per heavy atom. The van der Waals surface area contributed by atoms with Gasteiger partial charge in [0.05, 0.1) is 12.7 Å². The van der Waals surface area contributed by atoms with E-state index in [1.807, 2.05) is 27.7 Å². The molecule has 0 aliphatic heterocycles. The molecule has 0 heterocycles. The summed E-state index contributed by atoms with van der Waals surface area (Å²) in [6.07, 6.45) is 2.06. The van der Waals surface area contributed by atoms with Gasteiger partial charge in [-0.05, 0) is 25.2 Å². The smallest absolute Gasteiger partial charge is 0.328 e. The van der Waals surface area contributed by atoms with Gasteiger partial charge in [-0.15, -0.1) is 0 Å². The van der Waals surface area contributed by atoms with E-state index >= 15 is 0 Å². The highest BCUT2D eigenvalue weighted by atomic mass is 16.5. The zero-order chi connectivity index (χ0) is 15.9. The minimum absolute atomic E-state index is 0.0707. The van der Waals surface area contributed by atoms with Gasteiger partial charge in [0.15, 0.2) is 5.78 Å². The molecule has 1 N–H and O–H groups in total. The molecule has 5 nitrogen and oxygen atoms in total. The molecule has 0 aromatic rings. The summed E-state index contributed by atoms with van der Waals surface area (Å²) in [6.45, 7) is 8.98. The Kier molecular flexibility index (Phi) is 7.80. The number of Topliss-reactive ketones (excluding diaryl/α,β-unsaturated/α-hetero) is 1. The van der Waals surface area contributed by atoms with Crippen LogP contribution in [0.4, 0.5) is 0 Å². The number of nitrogens with one attached hydrogen (secondary N) is 1. The average molecular weight is 283 g/mol. The Balaban J connectivity index is 5.06. The minimum atomic E-state index is -0.734. The second-order valence-electron chi connectivity index (χ2n) is 5.56. The second kappa shape index (κ2) is 8.51. The predicted molar refractivity (Wildman–Crippen MR) is 77.0 cm³/mol. The van der Waals surface area contributed by atoms with Crippen LogP contribution in [-0.4, -0.2) is 30.8 Å². The number of carbonyl (C=O) groups excluding carboxylic acids is 3. The highest BCUT2D eigenvalue weighted by molar-refractivity contribution is 6.18. The molecular formula is C15H25NO4. The van der Waals surface area contributed by atoms with Crippen LogP contribution in [0.1, 0.15) is 41.0 Å². The summed E-state index contributed by atoms with van der Waals surface area (Å²) in [4.78, 5) is 35.3. The molecular weight excluding hydrogens is 258 g/mol. The monoisotopic (exact) mass is 283 g/mol. The molecule has 1 amide bonds. The maximum atomic E-state index is 12.1. The van der Waals surface area contributed by atoms with Crippen LogP contribution in [0.25, 0.3) is 0 Å². The molecule has 0 spiro atoms. The number of ether oxygens (including phenoxy) is 1. The minimum Gasteiger partial charge on any atom is -0.467 e. The molecule has 0 radical (unpaired) electrons. The first-order chi connectivity index (χ1) is 9.18. The third-order valence-electron chi connectivity index (χ3n) is 2.62. The highest BCUT2D eigenvalue weighted by Crippen LogP contribution is 2.09. The van der Waals surface area contributed by atoms with Crippen molar-refractivity contribution in [3.05, 3.63) is 11.6 Å². The van der Waals surface area contributed by atoms with Crippen molar-refractivity contribution < 1.29 is 19.1 Å². The van der Waals surface area contributed by atoms with Crippen LogP contribution in [0, 0.1) is 11.8 Å². The fourth-order valence-electron chi connectivity index (χ4n) is 1.75. The first kappa shape index (κ1) is 18.4. The van der Waals surface area contributed by atoms with Gasteiger partial charge in [0.25, 0.3) is 5.91 Å². The van der Waals surface area contributed by atoms with Crippen molar-refractivity contribution in [2.24, 2.45) is 11.8 Å². The molecule has 0 aromatic heterocycles. The van der Waals surface area contributed by atoms with Gasteiger partial charge in [-0.3, -0.25) is 9.59 Å². The van der Waals surface area contributed by atoms with Crippen LogP contribution in [0.15, 0.2) is 11.6 Å². The van der Waals surface area contributed by atoms with Crippen LogP contribution in [0.5, 0.6) is 0 Å². The Morgan fingerprint density at radius 3 is 2.05 bits per heavy atom. The summed E-state index contributed by atoms with van der Waals surface area (Å²) in [5, 5.41) is 2.58. The van der Waals surface area contributed by atoms with E-state index in [9.17, 15) is 14.4 Å². The van der Waals surface area contributed by atoms with Gasteiger partial charge in [0, 0.05) is 0 Å². The fraction of sp³-hybridized carbons (Fsp3) is 0.667. The van der Waals surface area contributed by atoms with Crippen molar-refractivity contribution in [2.45, 2.75) is 47.1 Å². The van der Waals surface area contributed by atoms with Crippen LogP contribution in [-0.2, 0) is 19.1 Å². The molecule has 5 heteroatoms. The van der Waals surface area contributed by atoms with E-state index in [0.29, 0.717) is 6.42 Å². The maximum absolute atomic E-state index is 12.1. The average Bonchev–Trinajstić information content (AvgIpc) is 2.32. The third kappa shape index (κ3) is 6.50. The zero-order valence-electron chi connectivity index (χ0n) is 13.1. The van der Waals surface area contributed by atoms with Crippen LogP contribution in [0.3, 0.4) is 0 Å². The quantitative estimate of drug-likeness (QED) is 0.335. The van der Waals surface area contributed by atoms with Gasteiger partial charge in [0.1, 0.15) is 6.04 Å². The summed E-state index contributed by atoms with van der Waals surface area (Å²) >= 11 is 0. The lowest BCUT2D eigenvalue weighted by molar-refractivity contribution is -0.145. The Labute approximate surface area is 120 Å². The number of carbonyl (C=O) groups is 3. The van der Waals surface area contributed by atoms with Crippen molar-refractivity contribution in [2.75, 3.05) is 7.11 Å². The van der Waals surface area contributed by atoms with E-state index in [2.05, 4.69) is 10.1 Å².